The fourth-order valence-corrected chi connectivity index (χ4v) is 2.32. The van der Waals surface area contributed by atoms with Crippen molar-refractivity contribution in [2.75, 3.05) is 6.54 Å². The number of nitrogens with zero attached hydrogens (tertiary/aromatic N) is 3. The van der Waals surface area contributed by atoms with E-state index in [-0.39, 0.29) is 0 Å². The highest BCUT2D eigenvalue weighted by atomic mass is 35.5. The summed E-state index contributed by atoms with van der Waals surface area (Å²) in [6.07, 6.45) is 5.57. The highest BCUT2D eigenvalue weighted by molar-refractivity contribution is 6.32. The van der Waals surface area contributed by atoms with Crippen LogP contribution in [0.5, 0.6) is 0 Å². The molecule has 0 aromatic carbocycles. The van der Waals surface area contributed by atoms with Crippen LogP contribution in [0.1, 0.15) is 32.1 Å². The normalized spacial score (nSPS) is 12.6. The van der Waals surface area contributed by atoms with Crippen LogP contribution in [-0.2, 0) is 6.42 Å². The third kappa shape index (κ3) is 3.77. The van der Waals surface area contributed by atoms with Gasteiger partial charge in [0.1, 0.15) is 5.69 Å². The van der Waals surface area contributed by atoms with Crippen molar-refractivity contribution in [3.8, 4) is 11.5 Å². The van der Waals surface area contributed by atoms with Crippen LogP contribution in [0.2, 0.25) is 5.02 Å². The number of aryl methyl sites for hydroxylation is 1. The van der Waals surface area contributed by atoms with Crippen LogP contribution in [0, 0.1) is 5.92 Å². The molecule has 2 aromatic rings. The average molecular weight is 295 g/mol. The molecule has 1 atom stereocenters. The molecular weight excluding hydrogens is 276 g/mol. The SMILES string of the molecule is CCC(CCN)CCc1nc(-c2ncccc2Cl)no1. The first-order valence-corrected chi connectivity index (χ1v) is 7.26. The molecule has 108 valence electrons. The lowest BCUT2D eigenvalue weighted by molar-refractivity contribution is 0.354. The van der Waals surface area contributed by atoms with Gasteiger partial charge in [-0.25, -0.2) is 0 Å². The summed E-state index contributed by atoms with van der Waals surface area (Å²) in [5.74, 6) is 1.67. The maximum atomic E-state index is 6.06. The molecule has 0 aliphatic heterocycles. The molecule has 0 bridgehead atoms. The monoisotopic (exact) mass is 294 g/mol. The van der Waals surface area contributed by atoms with E-state index in [4.69, 9.17) is 21.9 Å². The predicted octanol–water partition coefficient (Wildman–Crippen LogP) is 3.09. The Morgan fingerprint density at radius 3 is 2.95 bits per heavy atom. The minimum atomic E-state index is 0.442. The molecule has 2 N–H and O–H groups in total. The minimum Gasteiger partial charge on any atom is -0.339 e. The number of pyridine rings is 1. The van der Waals surface area contributed by atoms with E-state index in [9.17, 15) is 0 Å². The van der Waals surface area contributed by atoms with Crippen LogP contribution in [-0.4, -0.2) is 21.7 Å². The molecule has 0 fully saturated rings. The third-order valence-electron chi connectivity index (χ3n) is 3.36. The fraction of sp³-hybridized carbons (Fsp3) is 0.500. The van der Waals surface area contributed by atoms with Crippen molar-refractivity contribution in [3.63, 3.8) is 0 Å². The summed E-state index contributed by atoms with van der Waals surface area (Å²) in [5, 5.41) is 4.46. The van der Waals surface area contributed by atoms with Crippen molar-refractivity contribution >= 4 is 11.6 Å². The zero-order valence-corrected chi connectivity index (χ0v) is 12.3. The maximum absolute atomic E-state index is 6.06. The van der Waals surface area contributed by atoms with Gasteiger partial charge in [0.25, 0.3) is 0 Å². The van der Waals surface area contributed by atoms with Gasteiger partial charge in [0.15, 0.2) is 0 Å². The topological polar surface area (TPSA) is 77.8 Å². The molecular formula is C14H19ClN4O. The maximum Gasteiger partial charge on any atom is 0.227 e. The highest BCUT2D eigenvalue weighted by Gasteiger charge is 2.14. The molecule has 0 radical (unpaired) electrons. The van der Waals surface area contributed by atoms with Gasteiger partial charge in [0, 0.05) is 12.6 Å². The second-order valence-corrected chi connectivity index (χ2v) is 5.14. The predicted molar refractivity (Wildman–Crippen MR) is 78.3 cm³/mol. The molecule has 2 heterocycles. The van der Waals surface area contributed by atoms with E-state index in [0.29, 0.717) is 28.3 Å². The lowest BCUT2D eigenvalue weighted by Gasteiger charge is -2.11. The van der Waals surface area contributed by atoms with Gasteiger partial charge < -0.3 is 10.3 Å². The van der Waals surface area contributed by atoms with E-state index in [1.165, 1.54) is 0 Å². The fourth-order valence-electron chi connectivity index (χ4n) is 2.12. The summed E-state index contributed by atoms with van der Waals surface area (Å²) in [7, 11) is 0. The van der Waals surface area contributed by atoms with Crippen LogP contribution in [0.25, 0.3) is 11.5 Å². The Balaban J connectivity index is 2.01. The van der Waals surface area contributed by atoms with Gasteiger partial charge in [-0.1, -0.05) is 30.1 Å². The summed E-state index contributed by atoms with van der Waals surface area (Å²) in [6, 6.07) is 3.53. The number of halogens is 1. The van der Waals surface area contributed by atoms with E-state index >= 15 is 0 Å². The number of aromatic nitrogens is 3. The summed E-state index contributed by atoms with van der Waals surface area (Å²) < 4.78 is 5.26. The molecule has 0 saturated heterocycles. The van der Waals surface area contributed by atoms with E-state index in [1.807, 2.05) is 0 Å². The second kappa shape index (κ2) is 7.36. The van der Waals surface area contributed by atoms with Gasteiger partial charge >= 0.3 is 0 Å². The van der Waals surface area contributed by atoms with Crippen molar-refractivity contribution in [2.45, 2.75) is 32.6 Å². The molecule has 0 saturated carbocycles. The lowest BCUT2D eigenvalue weighted by atomic mass is 9.97. The smallest absolute Gasteiger partial charge is 0.227 e. The van der Waals surface area contributed by atoms with Gasteiger partial charge in [-0.3, -0.25) is 4.98 Å². The molecule has 0 amide bonds. The Morgan fingerprint density at radius 1 is 1.40 bits per heavy atom. The van der Waals surface area contributed by atoms with Gasteiger partial charge in [-0.2, -0.15) is 4.98 Å². The first kappa shape index (κ1) is 14.9. The Bertz CT molecular complexity index is 543. The van der Waals surface area contributed by atoms with E-state index in [0.717, 1.165) is 32.2 Å². The molecule has 20 heavy (non-hydrogen) atoms. The van der Waals surface area contributed by atoms with E-state index in [1.54, 1.807) is 18.3 Å². The second-order valence-electron chi connectivity index (χ2n) is 4.74. The van der Waals surface area contributed by atoms with Crippen LogP contribution in [0.3, 0.4) is 0 Å². The third-order valence-corrected chi connectivity index (χ3v) is 3.66. The Hall–Kier alpha value is -1.46. The van der Waals surface area contributed by atoms with Crippen molar-refractivity contribution in [2.24, 2.45) is 11.7 Å². The molecule has 5 nitrogen and oxygen atoms in total. The number of hydrogen-bond donors (Lipinski definition) is 1. The first-order chi connectivity index (χ1) is 9.74. The molecule has 1 unspecified atom stereocenters. The first-order valence-electron chi connectivity index (χ1n) is 6.88. The van der Waals surface area contributed by atoms with E-state index in [2.05, 4.69) is 22.0 Å². The Kier molecular flexibility index (Phi) is 5.49. The largest absolute Gasteiger partial charge is 0.339 e. The summed E-state index contributed by atoms with van der Waals surface area (Å²) in [6.45, 7) is 2.89. The number of rotatable bonds is 7. The van der Waals surface area contributed by atoms with Crippen molar-refractivity contribution in [1.29, 1.82) is 0 Å². The molecule has 2 rings (SSSR count). The quantitative estimate of drug-likeness (QED) is 0.849. The van der Waals surface area contributed by atoms with E-state index < -0.39 is 0 Å². The molecule has 6 heteroatoms. The molecule has 0 aliphatic rings. The average Bonchev–Trinajstić information content (AvgIpc) is 2.92. The Morgan fingerprint density at radius 2 is 2.25 bits per heavy atom. The minimum absolute atomic E-state index is 0.442. The summed E-state index contributed by atoms with van der Waals surface area (Å²) in [4.78, 5) is 8.52. The molecule has 2 aromatic heterocycles. The Labute approximate surface area is 123 Å². The lowest BCUT2D eigenvalue weighted by Crippen LogP contribution is -2.09. The molecule has 0 aliphatic carbocycles. The van der Waals surface area contributed by atoms with Crippen molar-refractivity contribution in [1.82, 2.24) is 15.1 Å². The van der Waals surface area contributed by atoms with Crippen LogP contribution >= 0.6 is 11.6 Å². The van der Waals surface area contributed by atoms with Crippen LogP contribution in [0.15, 0.2) is 22.9 Å². The zero-order valence-electron chi connectivity index (χ0n) is 11.6. The van der Waals surface area contributed by atoms with Gasteiger partial charge in [0.05, 0.1) is 5.02 Å². The number of nitrogens with two attached hydrogens (primary N) is 1. The zero-order chi connectivity index (χ0) is 14.4. The van der Waals surface area contributed by atoms with Crippen LogP contribution in [0.4, 0.5) is 0 Å². The highest BCUT2D eigenvalue weighted by Crippen LogP contribution is 2.23. The van der Waals surface area contributed by atoms with Gasteiger partial charge in [-0.05, 0) is 37.4 Å². The summed E-state index contributed by atoms with van der Waals surface area (Å²) in [5.41, 5.74) is 6.15. The van der Waals surface area contributed by atoms with Crippen molar-refractivity contribution < 1.29 is 4.52 Å². The number of hydrogen-bond acceptors (Lipinski definition) is 5. The van der Waals surface area contributed by atoms with Gasteiger partial charge in [-0.15, -0.1) is 0 Å². The standard InChI is InChI=1S/C14H19ClN4O/c1-2-10(7-8-16)5-6-12-18-14(19-20-12)13-11(15)4-3-9-17-13/h3-4,9-10H,2,5-8,16H2,1H3. The molecule has 0 spiro atoms. The summed E-state index contributed by atoms with van der Waals surface area (Å²) >= 11 is 6.06. The van der Waals surface area contributed by atoms with Crippen molar-refractivity contribution in [3.05, 3.63) is 29.2 Å². The van der Waals surface area contributed by atoms with Crippen LogP contribution < -0.4 is 5.73 Å². The van der Waals surface area contributed by atoms with Gasteiger partial charge in [0.2, 0.25) is 11.7 Å².